The van der Waals surface area contributed by atoms with Gasteiger partial charge in [0.05, 0.1) is 39.9 Å². The van der Waals surface area contributed by atoms with Crippen LogP contribution in [0.15, 0.2) is 60.1 Å². The summed E-state index contributed by atoms with van der Waals surface area (Å²) in [6.07, 6.45) is 13.9. The van der Waals surface area contributed by atoms with Crippen molar-refractivity contribution in [2.45, 2.75) is 38.1 Å². The van der Waals surface area contributed by atoms with Crippen LogP contribution in [-0.4, -0.2) is 31.3 Å². The number of amidine groups is 1. The van der Waals surface area contributed by atoms with Crippen molar-refractivity contribution in [1.82, 2.24) is 19.4 Å². The Morgan fingerprint density at radius 2 is 1.82 bits per heavy atom. The van der Waals surface area contributed by atoms with Gasteiger partial charge in [-0.3, -0.25) is 4.68 Å². The number of halogens is 1. The minimum atomic E-state index is 0.259. The third-order valence-corrected chi connectivity index (χ3v) is 6.05. The molecule has 0 unspecified atom stereocenters. The molecule has 8 nitrogen and oxygen atoms in total. The number of nitrogens with zero attached hydrogens (tertiary/aromatic N) is 5. The zero-order valence-electron chi connectivity index (χ0n) is 18.7. The van der Waals surface area contributed by atoms with Crippen LogP contribution in [0.4, 0.5) is 11.4 Å². The Labute approximate surface area is 198 Å². The monoisotopic (exact) mass is 464 g/mol. The smallest absolute Gasteiger partial charge is 0.135 e. The van der Waals surface area contributed by atoms with E-state index in [1.54, 1.807) is 33.7 Å². The van der Waals surface area contributed by atoms with Gasteiger partial charge >= 0.3 is 0 Å². The van der Waals surface area contributed by atoms with Crippen LogP contribution in [-0.2, 0) is 7.05 Å². The Morgan fingerprint density at radius 3 is 2.45 bits per heavy atom. The second-order valence-electron chi connectivity index (χ2n) is 8.28. The van der Waals surface area contributed by atoms with Crippen LogP contribution >= 0.6 is 11.6 Å². The summed E-state index contributed by atoms with van der Waals surface area (Å²) in [6.45, 7) is 0. The third kappa shape index (κ3) is 5.35. The van der Waals surface area contributed by atoms with Gasteiger partial charge in [-0.05, 0) is 31.0 Å². The molecule has 1 aromatic carbocycles. The molecule has 0 amide bonds. The highest BCUT2D eigenvalue weighted by Crippen LogP contribution is 2.28. The standard InChI is InChI=1S/C18H16ClN7.C6H13N/c1-25-9-12(7-22-25)11-6-16-17(20)13(8-23-26(16)10-11)18(21)24-15-5-3-2-4-14(15)19;7-6-4-2-1-3-5-6/h2-10H,20H2,1H3,(H2,21,24);6H,1-5,7H2. The number of benzene rings is 1. The lowest BCUT2D eigenvalue weighted by Gasteiger charge is -2.15. The molecule has 0 spiro atoms. The molecular formula is C24H29ClN8. The quantitative estimate of drug-likeness (QED) is 0.308. The number of aliphatic imine (C=N–C) groups is 1. The van der Waals surface area contributed by atoms with Gasteiger partial charge in [-0.25, -0.2) is 9.51 Å². The minimum absolute atomic E-state index is 0.259. The van der Waals surface area contributed by atoms with Crippen molar-refractivity contribution in [3.63, 3.8) is 0 Å². The molecule has 3 heterocycles. The van der Waals surface area contributed by atoms with Crippen LogP contribution < -0.4 is 17.2 Å². The second kappa shape index (κ2) is 10.1. The molecule has 0 atom stereocenters. The van der Waals surface area contributed by atoms with Crippen LogP contribution in [0.1, 0.15) is 37.7 Å². The first-order valence-corrected chi connectivity index (χ1v) is 11.4. The van der Waals surface area contributed by atoms with Gasteiger partial charge in [0, 0.05) is 36.6 Å². The summed E-state index contributed by atoms with van der Waals surface area (Å²) in [6, 6.07) is 9.71. The Hall–Kier alpha value is -3.36. The molecule has 1 fully saturated rings. The van der Waals surface area contributed by atoms with Gasteiger partial charge in [-0.15, -0.1) is 0 Å². The van der Waals surface area contributed by atoms with Gasteiger partial charge in [0.1, 0.15) is 5.84 Å². The molecule has 0 bridgehead atoms. The predicted molar refractivity (Wildman–Crippen MR) is 135 cm³/mol. The summed E-state index contributed by atoms with van der Waals surface area (Å²) >= 11 is 6.14. The van der Waals surface area contributed by atoms with Crippen molar-refractivity contribution >= 4 is 34.3 Å². The Balaban J connectivity index is 0.000000318. The Bertz CT molecular complexity index is 1270. The molecule has 3 aromatic heterocycles. The van der Waals surface area contributed by atoms with E-state index in [4.69, 9.17) is 28.8 Å². The number of aryl methyl sites for hydroxylation is 1. The number of para-hydroxylation sites is 1. The average molecular weight is 465 g/mol. The largest absolute Gasteiger partial charge is 0.396 e. The lowest BCUT2D eigenvalue weighted by molar-refractivity contribution is 0.441. The predicted octanol–water partition coefficient (Wildman–Crippen LogP) is 4.29. The summed E-state index contributed by atoms with van der Waals surface area (Å²) < 4.78 is 3.46. The van der Waals surface area contributed by atoms with Crippen molar-refractivity contribution in [3.8, 4) is 11.1 Å². The van der Waals surface area contributed by atoms with Crippen LogP contribution in [0.3, 0.4) is 0 Å². The lowest BCUT2D eigenvalue weighted by Crippen LogP contribution is -2.22. The number of hydrogen-bond acceptors (Lipinski definition) is 5. The topological polar surface area (TPSA) is 126 Å². The number of anilines is 1. The third-order valence-electron chi connectivity index (χ3n) is 5.74. The minimum Gasteiger partial charge on any atom is -0.396 e. The maximum absolute atomic E-state index is 6.33. The van der Waals surface area contributed by atoms with Crippen molar-refractivity contribution in [1.29, 1.82) is 0 Å². The van der Waals surface area contributed by atoms with E-state index in [2.05, 4.69) is 15.2 Å². The van der Waals surface area contributed by atoms with E-state index >= 15 is 0 Å². The van der Waals surface area contributed by atoms with Crippen LogP contribution in [0, 0.1) is 0 Å². The van der Waals surface area contributed by atoms with E-state index in [-0.39, 0.29) is 5.84 Å². The van der Waals surface area contributed by atoms with Gasteiger partial charge in [-0.2, -0.15) is 10.2 Å². The molecule has 0 aliphatic heterocycles. The molecule has 33 heavy (non-hydrogen) atoms. The SMILES string of the molecule is Cn1cc(-c2cc3c(N)c(C(N)=Nc4ccccc4Cl)cnn3c2)cn1.NC1CCCCC1. The van der Waals surface area contributed by atoms with E-state index in [1.807, 2.05) is 37.6 Å². The zero-order valence-corrected chi connectivity index (χ0v) is 19.4. The highest BCUT2D eigenvalue weighted by atomic mass is 35.5. The Kier molecular flexibility index (Phi) is 6.96. The molecule has 4 aromatic rings. The van der Waals surface area contributed by atoms with Crippen molar-refractivity contribution < 1.29 is 0 Å². The van der Waals surface area contributed by atoms with Crippen molar-refractivity contribution in [2.24, 2.45) is 23.5 Å². The van der Waals surface area contributed by atoms with Crippen molar-refractivity contribution in [2.75, 3.05) is 5.73 Å². The van der Waals surface area contributed by atoms with E-state index in [0.29, 0.717) is 28.0 Å². The average Bonchev–Trinajstić information content (AvgIpc) is 3.43. The summed E-state index contributed by atoms with van der Waals surface area (Å²) in [5.74, 6) is 0.259. The van der Waals surface area contributed by atoms with Gasteiger partial charge < -0.3 is 17.2 Å². The lowest BCUT2D eigenvalue weighted by atomic mass is 9.97. The maximum atomic E-state index is 6.33. The summed E-state index contributed by atoms with van der Waals surface area (Å²) in [5, 5.41) is 9.10. The molecular weight excluding hydrogens is 436 g/mol. The highest BCUT2D eigenvalue weighted by molar-refractivity contribution is 6.33. The van der Waals surface area contributed by atoms with Crippen LogP contribution in [0.2, 0.25) is 5.02 Å². The van der Waals surface area contributed by atoms with Crippen LogP contribution in [0.5, 0.6) is 0 Å². The molecule has 1 aliphatic rings. The molecule has 0 saturated heterocycles. The van der Waals surface area contributed by atoms with Gasteiger partial charge in [-0.1, -0.05) is 43.0 Å². The molecule has 172 valence electrons. The zero-order chi connectivity index (χ0) is 23.4. The van der Waals surface area contributed by atoms with E-state index in [0.717, 1.165) is 16.6 Å². The van der Waals surface area contributed by atoms with Crippen LogP contribution in [0.25, 0.3) is 16.6 Å². The first-order chi connectivity index (χ1) is 15.9. The van der Waals surface area contributed by atoms with Gasteiger partial charge in [0.25, 0.3) is 0 Å². The number of rotatable bonds is 3. The summed E-state index contributed by atoms with van der Waals surface area (Å²) in [4.78, 5) is 4.38. The maximum Gasteiger partial charge on any atom is 0.135 e. The first-order valence-electron chi connectivity index (χ1n) is 11.0. The van der Waals surface area contributed by atoms with Gasteiger partial charge in [0.15, 0.2) is 0 Å². The van der Waals surface area contributed by atoms with E-state index in [1.165, 1.54) is 32.1 Å². The molecule has 6 N–H and O–H groups in total. The first kappa shape index (κ1) is 22.8. The number of nitrogen functional groups attached to an aromatic ring is 1. The second-order valence-corrected chi connectivity index (χ2v) is 8.69. The fraction of sp³-hybridized carbons (Fsp3) is 0.292. The van der Waals surface area contributed by atoms with E-state index in [9.17, 15) is 0 Å². The molecule has 9 heteroatoms. The number of hydrogen-bond donors (Lipinski definition) is 3. The van der Waals surface area contributed by atoms with E-state index < -0.39 is 0 Å². The molecule has 0 radical (unpaired) electrons. The fourth-order valence-corrected chi connectivity index (χ4v) is 4.05. The summed E-state index contributed by atoms with van der Waals surface area (Å²) in [7, 11) is 1.87. The highest BCUT2D eigenvalue weighted by Gasteiger charge is 2.13. The van der Waals surface area contributed by atoms with Gasteiger partial charge in [0.2, 0.25) is 0 Å². The number of aromatic nitrogens is 4. The normalized spacial score (nSPS) is 14.8. The number of fused-ring (bicyclic) bond motifs is 1. The molecule has 5 rings (SSSR count). The van der Waals surface area contributed by atoms with Crippen molar-refractivity contribution in [3.05, 3.63) is 65.7 Å². The summed E-state index contributed by atoms with van der Waals surface area (Å²) in [5.41, 5.74) is 22.5. The molecule has 1 saturated carbocycles. The molecule has 1 aliphatic carbocycles. The Morgan fingerprint density at radius 1 is 1.06 bits per heavy atom. The number of nitrogens with two attached hydrogens (primary N) is 3. The fourth-order valence-electron chi connectivity index (χ4n) is 3.87.